The number of H-pyrrole nitrogens is 1. The zero-order chi connectivity index (χ0) is 24.3. The third-order valence-corrected chi connectivity index (χ3v) is 6.78. The zero-order valence-electron chi connectivity index (χ0n) is 17.6. The molecule has 2 aromatic carbocycles. The monoisotopic (exact) mass is 509 g/mol. The Morgan fingerprint density at radius 2 is 2.00 bits per heavy atom. The molecule has 1 aliphatic heterocycles. The molecule has 0 saturated heterocycles. The van der Waals surface area contributed by atoms with Crippen molar-refractivity contribution in [3.05, 3.63) is 81.8 Å². The predicted octanol–water partition coefficient (Wildman–Crippen LogP) is 5.98. The average Bonchev–Trinajstić information content (AvgIpc) is 3.42. The minimum absolute atomic E-state index is 0.0393. The Morgan fingerprint density at radius 1 is 1.24 bits per heavy atom. The summed E-state index contributed by atoms with van der Waals surface area (Å²) in [7, 11) is 0. The second-order valence-corrected chi connectivity index (χ2v) is 9.13. The Morgan fingerprint density at radius 3 is 2.62 bits per heavy atom. The minimum atomic E-state index is -4.38. The van der Waals surface area contributed by atoms with E-state index in [4.69, 9.17) is 21.3 Å². The standard InChI is InChI=1S/C23H19ClF3N3O3S/c1-2-3-4-18-19(34-21(28-18)13-5-7-14(8-6-13)23(25,26)27)12-32-15-9-10-16(17(24)11-15)20-29-22(31)33-30-20/h2,5-11,18-19H,1,3-4,12H2,(H,29,30,31). The molecular weight excluding hydrogens is 491 g/mol. The van der Waals surface area contributed by atoms with Gasteiger partial charge in [0, 0.05) is 11.1 Å². The molecule has 1 N–H and O–H groups in total. The number of rotatable bonds is 8. The van der Waals surface area contributed by atoms with Gasteiger partial charge in [-0.25, -0.2) is 4.79 Å². The number of benzene rings is 2. The summed E-state index contributed by atoms with van der Waals surface area (Å²) in [5, 5.41) is 4.59. The predicted molar refractivity (Wildman–Crippen MR) is 126 cm³/mol. The van der Waals surface area contributed by atoms with Crippen LogP contribution in [0.2, 0.25) is 5.02 Å². The number of ether oxygens (including phenoxy) is 1. The second kappa shape index (κ2) is 10.1. The Kier molecular flexibility index (Phi) is 7.18. The van der Waals surface area contributed by atoms with Crippen LogP contribution in [0.5, 0.6) is 5.75 Å². The molecule has 0 amide bonds. The van der Waals surface area contributed by atoms with Gasteiger partial charge in [-0.05, 0) is 43.2 Å². The van der Waals surface area contributed by atoms with Crippen molar-refractivity contribution in [2.75, 3.05) is 6.61 Å². The highest BCUT2D eigenvalue weighted by atomic mass is 35.5. The molecular formula is C23H19ClF3N3O3S. The maximum atomic E-state index is 12.9. The van der Waals surface area contributed by atoms with E-state index >= 15 is 0 Å². The molecule has 2 unspecified atom stereocenters. The number of aromatic nitrogens is 2. The normalized spacial score (nSPS) is 18.1. The fraction of sp³-hybridized carbons (Fsp3) is 0.261. The number of aliphatic imine (C=N–C) groups is 1. The summed E-state index contributed by atoms with van der Waals surface area (Å²) in [5.74, 6) is 0.0525. The van der Waals surface area contributed by atoms with E-state index in [1.807, 2.05) is 0 Å². The Hall–Kier alpha value is -2.98. The van der Waals surface area contributed by atoms with Gasteiger partial charge in [0.2, 0.25) is 0 Å². The lowest BCUT2D eigenvalue weighted by atomic mass is 10.1. The van der Waals surface area contributed by atoms with Crippen molar-refractivity contribution < 1.29 is 22.4 Å². The number of thioether (sulfide) groups is 1. The van der Waals surface area contributed by atoms with Gasteiger partial charge in [-0.2, -0.15) is 13.2 Å². The first-order valence-electron chi connectivity index (χ1n) is 10.3. The summed E-state index contributed by atoms with van der Waals surface area (Å²) in [5.41, 5.74) is 0.433. The zero-order valence-corrected chi connectivity index (χ0v) is 19.2. The molecule has 0 spiro atoms. The van der Waals surface area contributed by atoms with Crippen molar-refractivity contribution in [1.29, 1.82) is 0 Å². The smallest absolute Gasteiger partial charge is 0.439 e. The Balaban J connectivity index is 1.45. The molecule has 2 atom stereocenters. The van der Waals surface area contributed by atoms with Crippen LogP contribution in [0, 0.1) is 0 Å². The van der Waals surface area contributed by atoms with E-state index in [1.54, 1.807) is 24.3 Å². The van der Waals surface area contributed by atoms with E-state index in [0.717, 1.165) is 25.0 Å². The van der Waals surface area contributed by atoms with Crippen molar-refractivity contribution in [2.45, 2.75) is 30.3 Å². The first-order chi connectivity index (χ1) is 16.2. The van der Waals surface area contributed by atoms with Crippen molar-refractivity contribution in [2.24, 2.45) is 4.99 Å². The summed E-state index contributed by atoms with van der Waals surface area (Å²) in [4.78, 5) is 18.4. The number of aromatic amines is 1. The van der Waals surface area contributed by atoms with Crippen LogP contribution in [0.25, 0.3) is 11.4 Å². The van der Waals surface area contributed by atoms with E-state index < -0.39 is 17.5 Å². The van der Waals surface area contributed by atoms with E-state index in [2.05, 4.69) is 21.2 Å². The minimum Gasteiger partial charge on any atom is -0.492 e. The van der Waals surface area contributed by atoms with Gasteiger partial charge in [0.15, 0.2) is 5.82 Å². The average molecular weight is 510 g/mol. The maximum absolute atomic E-state index is 12.9. The van der Waals surface area contributed by atoms with Crippen LogP contribution in [0.3, 0.4) is 0 Å². The molecule has 4 rings (SSSR count). The number of nitrogens with zero attached hydrogens (tertiary/aromatic N) is 2. The van der Waals surface area contributed by atoms with Gasteiger partial charge in [0.05, 0.1) is 26.9 Å². The summed E-state index contributed by atoms with van der Waals surface area (Å²) < 4.78 is 49.1. The molecule has 34 heavy (non-hydrogen) atoms. The molecule has 1 aliphatic rings. The number of hydrogen-bond acceptors (Lipinski definition) is 6. The van der Waals surface area contributed by atoms with Crippen LogP contribution in [0.1, 0.15) is 24.0 Å². The maximum Gasteiger partial charge on any atom is 0.439 e. The van der Waals surface area contributed by atoms with Crippen LogP contribution in [-0.4, -0.2) is 33.1 Å². The lowest BCUT2D eigenvalue weighted by molar-refractivity contribution is -0.137. The molecule has 3 aromatic rings. The van der Waals surface area contributed by atoms with Gasteiger partial charge < -0.3 is 4.74 Å². The fourth-order valence-electron chi connectivity index (χ4n) is 3.42. The molecule has 178 valence electrons. The fourth-order valence-corrected chi connectivity index (χ4v) is 4.92. The highest BCUT2D eigenvalue weighted by Crippen LogP contribution is 2.36. The molecule has 0 bridgehead atoms. The third-order valence-electron chi connectivity index (χ3n) is 5.15. The third kappa shape index (κ3) is 5.56. The summed E-state index contributed by atoms with van der Waals surface area (Å²) in [6.45, 7) is 4.07. The summed E-state index contributed by atoms with van der Waals surface area (Å²) >= 11 is 7.79. The SMILES string of the molecule is C=CCCC1N=C(c2ccc(C(F)(F)F)cc2)SC1COc1ccc(-c2noc(=O)[nH]2)c(Cl)c1. The van der Waals surface area contributed by atoms with E-state index in [-0.39, 0.29) is 17.1 Å². The first kappa shape index (κ1) is 24.2. The van der Waals surface area contributed by atoms with Crippen LogP contribution in [-0.2, 0) is 6.18 Å². The van der Waals surface area contributed by atoms with E-state index in [9.17, 15) is 18.0 Å². The van der Waals surface area contributed by atoms with Gasteiger partial charge >= 0.3 is 11.9 Å². The molecule has 0 aliphatic carbocycles. The number of nitrogens with one attached hydrogen (secondary N) is 1. The largest absolute Gasteiger partial charge is 0.492 e. The number of alkyl halides is 3. The van der Waals surface area contributed by atoms with Gasteiger partial charge in [-0.15, -0.1) is 6.58 Å². The molecule has 0 saturated carbocycles. The van der Waals surface area contributed by atoms with Crippen molar-refractivity contribution in [3.8, 4) is 17.1 Å². The second-order valence-electron chi connectivity index (χ2n) is 7.50. The quantitative estimate of drug-likeness (QED) is 0.378. The number of allylic oxidation sites excluding steroid dienone is 1. The van der Waals surface area contributed by atoms with Crippen LogP contribution in [0.4, 0.5) is 13.2 Å². The first-order valence-corrected chi connectivity index (χ1v) is 11.5. The van der Waals surface area contributed by atoms with Crippen LogP contribution < -0.4 is 10.5 Å². The molecule has 11 heteroatoms. The Labute approximate surface area is 201 Å². The molecule has 0 radical (unpaired) electrons. The topological polar surface area (TPSA) is 80.5 Å². The highest BCUT2D eigenvalue weighted by Gasteiger charge is 2.33. The van der Waals surface area contributed by atoms with Gasteiger partial charge in [0.25, 0.3) is 0 Å². The van der Waals surface area contributed by atoms with Crippen molar-refractivity contribution in [3.63, 3.8) is 0 Å². The van der Waals surface area contributed by atoms with E-state index in [1.165, 1.54) is 23.9 Å². The number of hydrogen-bond donors (Lipinski definition) is 1. The van der Waals surface area contributed by atoms with Crippen LogP contribution in [0.15, 0.2) is 69.4 Å². The van der Waals surface area contributed by atoms with Gasteiger partial charge in [-0.3, -0.25) is 14.5 Å². The number of halogens is 4. The lowest BCUT2D eigenvalue weighted by Crippen LogP contribution is -2.24. The summed E-state index contributed by atoms with van der Waals surface area (Å²) in [6.07, 6.45) is -1.08. The van der Waals surface area contributed by atoms with Crippen LogP contribution >= 0.6 is 23.4 Å². The molecule has 6 nitrogen and oxygen atoms in total. The summed E-state index contributed by atoms with van der Waals surface area (Å²) in [6, 6.07) is 9.90. The van der Waals surface area contributed by atoms with E-state index in [0.29, 0.717) is 33.5 Å². The molecule has 0 fully saturated rings. The molecule has 2 heterocycles. The highest BCUT2D eigenvalue weighted by molar-refractivity contribution is 8.15. The van der Waals surface area contributed by atoms with Gasteiger partial charge in [-0.1, -0.05) is 46.7 Å². The lowest BCUT2D eigenvalue weighted by Gasteiger charge is -2.17. The van der Waals surface area contributed by atoms with Crippen molar-refractivity contribution >= 4 is 28.4 Å². The van der Waals surface area contributed by atoms with Gasteiger partial charge in [0.1, 0.15) is 12.4 Å². The molecule has 1 aromatic heterocycles. The Bertz CT molecular complexity index is 1250. The van der Waals surface area contributed by atoms with Crippen molar-refractivity contribution in [1.82, 2.24) is 10.1 Å².